The standard InChI is InChI=1S/C15H22N4O3S/c16-15(20)12-4-3-7-18(11-12)14-6-5-13(10-17-14)23(21,22)19-8-1-2-9-19/h5-6,10,12H,1-4,7-9,11H2,(H2,16,20)/t12-/m0/s1. The van der Waals surface area contributed by atoms with E-state index in [1.165, 1.54) is 10.5 Å². The second-order valence-corrected chi connectivity index (χ2v) is 8.09. The van der Waals surface area contributed by atoms with Crippen LogP contribution in [0.4, 0.5) is 5.82 Å². The highest BCUT2D eigenvalue weighted by atomic mass is 32.2. The summed E-state index contributed by atoms with van der Waals surface area (Å²) in [7, 11) is -3.43. The molecule has 0 aliphatic carbocycles. The SMILES string of the molecule is NC(=O)[C@H]1CCCN(c2ccc(S(=O)(=O)N3CCCC3)cn2)C1. The number of aromatic nitrogens is 1. The van der Waals surface area contributed by atoms with Gasteiger partial charge in [-0.05, 0) is 37.8 Å². The summed E-state index contributed by atoms with van der Waals surface area (Å²) in [5.41, 5.74) is 5.39. The molecule has 0 spiro atoms. The van der Waals surface area contributed by atoms with Crippen LogP contribution in [0, 0.1) is 5.92 Å². The van der Waals surface area contributed by atoms with Crippen LogP contribution in [0.25, 0.3) is 0 Å². The van der Waals surface area contributed by atoms with E-state index >= 15 is 0 Å². The third-order valence-electron chi connectivity index (χ3n) is 4.57. The van der Waals surface area contributed by atoms with E-state index in [0.717, 1.165) is 32.2 Å². The van der Waals surface area contributed by atoms with Crippen LogP contribution in [0.1, 0.15) is 25.7 Å². The van der Waals surface area contributed by atoms with Gasteiger partial charge >= 0.3 is 0 Å². The lowest BCUT2D eigenvalue weighted by molar-refractivity contribution is -0.122. The number of piperidine rings is 1. The van der Waals surface area contributed by atoms with Crippen molar-refractivity contribution in [3.8, 4) is 0 Å². The van der Waals surface area contributed by atoms with Crippen LogP contribution in [0.5, 0.6) is 0 Å². The number of carbonyl (C=O) groups is 1. The molecule has 0 radical (unpaired) electrons. The number of anilines is 1. The molecule has 0 aromatic carbocycles. The average Bonchev–Trinajstić information content (AvgIpc) is 3.10. The van der Waals surface area contributed by atoms with Gasteiger partial charge in [0.15, 0.2) is 0 Å². The highest BCUT2D eigenvalue weighted by Gasteiger charge is 2.28. The number of nitrogens with zero attached hydrogens (tertiary/aromatic N) is 3. The molecule has 2 saturated heterocycles. The summed E-state index contributed by atoms with van der Waals surface area (Å²) in [6.07, 6.45) is 4.91. The Hall–Kier alpha value is -1.67. The maximum atomic E-state index is 12.5. The van der Waals surface area contributed by atoms with Crippen molar-refractivity contribution in [2.45, 2.75) is 30.6 Å². The summed E-state index contributed by atoms with van der Waals surface area (Å²) in [5.74, 6) is 0.234. The Morgan fingerprint density at radius 1 is 1.17 bits per heavy atom. The molecule has 0 bridgehead atoms. The normalized spacial score (nSPS) is 23.1. The number of pyridine rings is 1. The fourth-order valence-electron chi connectivity index (χ4n) is 3.21. The Morgan fingerprint density at radius 2 is 1.91 bits per heavy atom. The average molecular weight is 338 g/mol. The van der Waals surface area contributed by atoms with Crippen LogP contribution < -0.4 is 10.6 Å². The van der Waals surface area contributed by atoms with Crippen LogP contribution in [0.2, 0.25) is 0 Å². The molecule has 0 unspecified atom stereocenters. The lowest BCUT2D eigenvalue weighted by atomic mass is 9.97. The third kappa shape index (κ3) is 3.32. The zero-order chi connectivity index (χ0) is 16.4. The quantitative estimate of drug-likeness (QED) is 0.865. The Morgan fingerprint density at radius 3 is 2.52 bits per heavy atom. The lowest BCUT2D eigenvalue weighted by Gasteiger charge is -2.32. The largest absolute Gasteiger partial charge is 0.369 e. The zero-order valence-electron chi connectivity index (χ0n) is 13.0. The molecule has 2 fully saturated rings. The molecule has 126 valence electrons. The lowest BCUT2D eigenvalue weighted by Crippen LogP contribution is -2.41. The Labute approximate surface area is 136 Å². The van der Waals surface area contributed by atoms with Gasteiger partial charge in [-0.3, -0.25) is 4.79 Å². The van der Waals surface area contributed by atoms with Gasteiger partial charge in [0.1, 0.15) is 10.7 Å². The topological polar surface area (TPSA) is 96.6 Å². The molecule has 2 aliphatic heterocycles. The van der Waals surface area contributed by atoms with E-state index in [1.807, 2.05) is 4.90 Å². The van der Waals surface area contributed by atoms with Crippen molar-refractivity contribution >= 4 is 21.7 Å². The monoisotopic (exact) mass is 338 g/mol. The molecule has 2 aliphatic rings. The highest BCUT2D eigenvalue weighted by molar-refractivity contribution is 7.89. The number of carbonyl (C=O) groups excluding carboxylic acids is 1. The van der Waals surface area contributed by atoms with Crippen LogP contribution in [-0.2, 0) is 14.8 Å². The van der Waals surface area contributed by atoms with Crippen LogP contribution >= 0.6 is 0 Å². The smallest absolute Gasteiger partial charge is 0.244 e. The molecule has 3 rings (SSSR count). The number of hydrogen-bond donors (Lipinski definition) is 1. The molecule has 2 N–H and O–H groups in total. The number of nitrogens with two attached hydrogens (primary N) is 1. The Bertz CT molecular complexity index is 668. The molecule has 7 nitrogen and oxygen atoms in total. The minimum atomic E-state index is -3.43. The maximum absolute atomic E-state index is 12.5. The van der Waals surface area contributed by atoms with Gasteiger partial charge in [-0.1, -0.05) is 0 Å². The summed E-state index contributed by atoms with van der Waals surface area (Å²) in [6, 6.07) is 3.32. The maximum Gasteiger partial charge on any atom is 0.244 e. The van der Waals surface area contributed by atoms with Gasteiger partial charge in [0, 0.05) is 32.4 Å². The van der Waals surface area contributed by atoms with Crippen molar-refractivity contribution in [2.75, 3.05) is 31.1 Å². The van der Waals surface area contributed by atoms with Gasteiger partial charge in [0.05, 0.1) is 5.92 Å². The van der Waals surface area contributed by atoms with Gasteiger partial charge in [0.25, 0.3) is 0 Å². The van der Waals surface area contributed by atoms with E-state index in [1.54, 1.807) is 12.1 Å². The zero-order valence-corrected chi connectivity index (χ0v) is 13.8. The number of amides is 1. The second-order valence-electron chi connectivity index (χ2n) is 6.15. The minimum absolute atomic E-state index is 0.168. The van der Waals surface area contributed by atoms with Crippen molar-refractivity contribution in [3.63, 3.8) is 0 Å². The molecule has 0 saturated carbocycles. The van der Waals surface area contributed by atoms with Gasteiger partial charge < -0.3 is 10.6 Å². The van der Waals surface area contributed by atoms with Gasteiger partial charge in [-0.25, -0.2) is 13.4 Å². The van der Waals surface area contributed by atoms with Crippen LogP contribution in [0.3, 0.4) is 0 Å². The van der Waals surface area contributed by atoms with E-state index < -0.39 is 10.0 Å². The van der Waals surface area contributed by atoms with Crippen molar-refractivity contribution in [3.05, 3.63) is 18.3 Å². The molecule has 3 heterocycles. The molecule has 1 atom stereocenters. The predicted octanol–water partition coefficient (Wildman–Crippen LogP) is 0.568. The number of rotatable bonds is 4. The van der Waals surface area contributed by atoms with Gasteiger partial charge in [0.2, 0.25) is 15.9 Å². The van der Waals surface area contributed by atoms with Crippen molar-refractivity contribution in [1.82, 2.24) is 9.29 Å². The highest BCUT2D eigenvalue weighted by Crippen LogP contribution is 2.24. The molecule has 1 amide bonds. The Kier molecular flexibility index (Phi) is 4.54. The van der Waals surface area contributed by atoms with Crippen LogP contribution in [0.15, 0.2) is 23.2 Å². The molecule has 8 heteroatoms. The van der Waals surface area contributed by atoms with E-state index in [9.17, 15) is 13.2 Å². The summed E-state index contributed by atoms with van der Waals surface area (Å²) < 4.78 is 26.5. The fourth-order valence-corrected chi connectivity index (χ4v) is 4.67. The first-order valence-electron chi connectivity index (χ1n) is 7.99. The van der Waals surface area contributed by atoms with E-state index in [4.69, 9.17) is 5.73 Å². The number of primary amides is 1. The third-order valence-corrected chi connectivity index (χ3v) is 6.45. The molecule has 1 aromatic rings. The molecular weight excluding hydrogens is 316 g/mol. The summed E-state index contributed by atoms with van der Waals surface area (Å²) in [4.78, 5) is 17.9. The van der Waals surface area contributed by atoms with E-state index in [-0.39, 0.29) is 16.7 Å². The predicted molar refractivity (Wildman–Crippen MR) is 86.4 cm³/mol. The minimum Gasteiger partial charge on any atom is -0.369 e. The van der Waals surface area contributed by atoms with Gasteiger partial charge in [-0.2, -0.15) is 4.31 Å². The summed E-state index contributed by atoms with van der Waals surface area (Å²) in [6.45, 7) is 2.50. The Balaban J connectivity index is 1.75. The van der Waals surface area contributed by atoms with E-state index in [0.29, 0.717) is 25.5 Å². The van der Waals surface area contributed by atoms with Crippen LogP contribution in [-0.4, -0.2) is 49.8 Å². The van der Waals surface area contributed by atoms with Crippen molar-refractivity contribution in [1.29, 1.82) is 0 Å². The molecular formula is C15H22N4O3S. The van der Waals surface area contributed by atoms with Crippen molar-refractivity contribution in [2.24, 2.45) is 11.7 Å². The molecule has 23 heavy (non-hydrogen) atoms. The summed E-state index contributed by atoms with van der Waals surface area (Å²) >= 11 is 0. The second kappa shape index (κ2) is 6.45. The fraction of sp³-hybridized carbons (Fsp3) is 0.600. The molecule has 1 aromatic heterocycles. The van der Waals surface area contributed by atoms with E-state index in [2.05, 4.69) is 4.98 Å². The van der Waals surface area contributed by atoms with Crippen molar-refractivity contribution < 1.29 is 13.2 Å². The first-order chi connectivity index (χ1) is 11.0. The summed E-state index contributed by atoms with van der Waals surface area (Å²) in [5, 5.41) is 0. The number of hydrogen-bond acceptors (Lipinski definition) is 5. The number of sulfonamides is 1. The van der Waals surface area contributed by atoms with Gasteiger partial charge in [-0.15, -0.1) is 0 Å². The first-order valence-corrected chi connectivity index (χ1v) is 9.43. The first kappa shape index (κ1) is 16.2.